The summed E-state index contributed by atoms with van der Waals surface area (Å²) in [5.74, 6) is -1.83. The van der Waals surface area contributed by atoms with Crippen molar-refractivity contribution in [3.63, 3.8) is 0 Å². The number of piperazine rings is 1. The molecule has 5 rings (SSSR count). The smallest absolute Gasteiger partial charge is 0.407 e. The van der Waals surface area contributed by atoms with Crippen molar-refractivity contribution in [3.05, 3.63) is 70.3 Å². The average Bonchev–Trinajstić information content (AvgIpc) is 2.84. The molecule has 4 aromatic rings. The Labute approximate surface area is 214 Å². The summed E-state index contributed by atoms with van der Waals surface area (Å²) in [6.07, 6.45) is 0.425. The fourth-order valence-electron chi connectivity index (χ4n) is 4.37. The van der Waals surface area contributed by atoms with Crippen LogP contribution in [-0.4, -0.2) is 57.4 Å². The van der Waals surface area contributed by atoms with Crippen molar-refractivity contribution < 1.29 is 23.8 Å². The lowest BCUT2D eigenvalue weighted by Gasteiger charge is -2.34. The molecule has 0 atom stereocenters. The van der Waals surface area contributed by atoms with E-state index >= 15 is 0 Å². The molecule has 2 aromatic heterocycles. The van der Waals surface area contributed by atoms with Crippen molar-refractivity contribution in [2.24, 2.45) is 0 Å². The number of carbonyl (C=O) groups is 1. The lowest BCUT2D eigenvalue weighted by atomic mass is 9.97. The number of rotatable bonds is 3. The van der Waals surface area contributed by atoms with Crippen molar-refractivity contribution in [1.82, 2.24) is 14.9 Å². The summed E-state index contributed by atoms with van der Waals surface area (Å²) in [5.41, 5.74) is 1.09. The second-order valence-electron chi connectivity index (χ2n) is 8.19. The maximum absolute atomic E-state index is 15.0. The average molecular weight is 531 g/mol. The quantitative estimate of drug-likeness (QED) is 0.335. The van der Waals surface area contributed by atoms with Crippen LogP contribution in [0.5, 0.6) is 5.75 Å². The molecule has 2 N–H and O–H groups in total. The lowest BCUT2D eigenvalue weighted by molar-refractivity contribution is 0.142. The van der Waals surface area contributed by atoms with Gasteiger partial charge in [-0.1, -0.05) is 29.3 Å². The Balaban J connectivity index is 1.80. The Morgan fingerprint density at radius 1 is 0.972 bits per heavy atom. The summed E-state index contributed by atoms with van der Waals surface area (Å²) in [6.45, 7) is 0.855. The monoisotopic (exact) mass is 530 g/mol. The van der Waals surface area contributed by atoms with Gasteiger partial charge in [0.1, 0.15) is 11.6 Å². The van der Waals surface area contributed by atoms with Gasteiger partial charge in [0.25, 0.3) is 0 Å². The van der Waals surface area contributed by atoms with Crippen molar-refractivity contribution in [1.29, 1.82) is 0 Å². The van der Waals surface area contributed by atoms with Crippen molar-refractivity contribution >= 4 is 46.0 Å². The van der Waals surface area contributed by atoms with Gasteiger partial charge in [0.2, 0.25) is 0 Å². The predicted molar refractivity (Wildman–Crippen MR) is 134 cm³/mol. The number of pyridine rings is 2. The minimum Gasteiger partial charge on any atom is -0.504 e. The van der Waals surface area contributed by atoms with Crippen molar-refractivity contribution in [2.75, 3.05) is 31.1 Å². The number of hydrogen-bond donors (Lipinski definition) is 2. The number of hydrogen-bond acceptors (Lipinski definition) is 5. The fraction of sp³-hybridized carbons (Fsp3) is 0.160. The summed E-state index contributed by atoms with van der Waals surface area (Å²) in [5, 5.41) is 21.7. The zero-order valence-electron chi connectivity index (χ0n) is 18.6. The Bertz CT molecular complexity index is 1490. The highest BCUT2D eigenvalue weighted by Crippen LogP contribution is 2.46. The number of nitrogens with zero attached hydrogens (tertiary/aromatic N) is 4. The van der Waals surface area contributed by atoms with E-state index in [0.29, 0.717) is 32.2 Å². The number of amides is 1. The van der Waals surface area contributed by atoms with E-state index in [-0.39, 0.29) is 48.9 Å². The third-order valence-corrected chi connectivity index (χ3v) is 6.74. The third-order valence-electron chi connectivity index (χ3n) is 6.11. The predicted octanol–water partition coefficient (Wildman–Crippen LogP) is 6.05. The molecule has 36 heavy (non-hydrogen) atoms. The molecule has 1 aliphatic heterocycles. The van der Waals surface area contributed by atoms with Crippen LogP contribution in [0.25, 0.3) is 33.3 Å². The second-order valence-corrected chi connectivity index (χ2v) is 9.01. The topological polar surface area (TPSA) is 89.8 Å². The van der Waals surface area contributed by atoms with Crippen LogP contribution in [0.15, 0.2) is 48.7 Å². The zero-order valence-corrected chi connectivity index (χ0v) is 20.1. The van der Waals surface area contributed by atoms with Crippen LogP contribution in [0.2, 0.25) is 10.0 Å². The third kappa shape index (κ3) is 4.14. The van der Waals surface area contributed by atoms with E-state index in [1.54, 1.807) is 29.2 Å². The highest BCUT2D eigenvalue weighted by atomic mass is 35.5. The molecule has 11 heteroatoms. The van der Waals surface area contributed by atoms with Gasteiger partial charge >= 0.3 is 6.09 Å². The molecule has 7 nitrogen and oxygen atoms in total. The van der Waals surface area contributed by atoms with Crippen molar-refractivity contribution in [3.8, 4) is 28.1 Å². The van der Waals surface area contributed by atoms with Crippen LogP contribution in [-0.2, 0) is 0 Å². The summed E-state index contributed by atoms with van der Waals surface area (Å²) < 4.78 is 28.7. The van der Waals surface area contributed by atoms with Crippen LogP contribution in [0.4, 0.5) is 19.4 Å². The molecule has 0 aliphatic carbocycles. The molecule has 184 valence electrons. The minimum absolute atomic E-state index is 0.0332. The maximum Gasteiger partial charge on any atom is 0.407 e. The summed E-state index contributed by atoms with van der Waals surface area (Å²) in [4.78, 5) is 23.5. The van der Waals surface area contributed by atoms with E-state index in [1.165, 1.54) is 17.2 Å². The number of fused-ring (bicyclic) bond motifs is 1. The number of aromatic hydroxyl groups is 1. The molecule has 2 aromatic carbocycles. The Kier molecular flexibility index (Phi) is 6.27. The number of carboxylic acid groups (broad SMARTS) is 1. The molecule has 1 saturated heterocycles. The Morgan fingerprint density at radius 3 is 2.31 bits per heavy atom. The van der Waals surface area contributed by atoms with Gasteiger partial charge in [0, 0.05) is 60.5 Å². The summed E-state index contributed by atoms with van der Waals surface area (Å²) in [7, 11) is 0. The molecule has 0 spiro atoms. The number of halogens is 4. The molecule has 3 heterocycles. The molecule has 0 bridgehead atoms. The van der Waals surface area contributed by atoms with Gasteiger partial charge in [-0.05, 0) is 30.3 Å². The van der Waals surface area contributed by atoms with Gasteiger partial charge in [-0.3, -0.25) is 4.98 Å². The van der Waals surface area contributed by atoms with Crippen LogP contribution in [0.3, 0.4) is 0 Å². The molecular weight excluding hydrogens is 513 g/mol. The molecule has 0 unspecified atom stereocenters. The molecular formula is C25H18Cl2F2N4O3. The lowest BCUT2D eigenvalue weighted by Crippen LogP contribution is -2.48. The molecule has 1 fully saturated rings. The highest BCUT2D eigenvalue weighted by molar-refractivity contribution is 6.39. The first kappa shape index (κ1) is 24.0. The summed E-state index contributed by atoms with van der Waals surface area (Å²) in [6, 6.07) is 9.63. The molecule has 1 amide bonds. The number of benzene rings is 2. The normalized spacial score (nSPS) is 13.9. The largest absolute Gasteiger partial charge is 0.504 e. The maximum atomic E-state index is 15.0. The minimum atomic E-state index is -1.04. The first-order valence-corrected chi connectivity index (χ1v) is 11.7. The van der Waals surface area contributed by atoms with Gasteiger partial charge in [0.05, 0.1) is 21.3 Å². The molecule has 0 radical (unpaired) electrons. The Hall–Kier alpha value is -3.69. The Morgan fingerprint density at radius 2 is 1.67 bits per heavy atom. The zero-order chi connectivity index (χ0) is 25.6. The van der Waals surface area contributed by atoms with Crippen LogP contribution in [0, 0.1) is 11.6 Å². The van der Waals surface area contributed by atoms with E-state index < -0.39 is 17.7 Å². The number of anilines is 1. The number of aromatic nitrogens is 2. The van der Waals surface area contributed by atoms with Crippen LogP contribution in [0.1, 0.15) is 0 Å². The first-order chi connectivity index (χ1) is 17.3. The van der Waals surface area contributed by atoms with E-state index in [1.807, 2.05) is 0 Å². The van der Waals surface area contributed by atoms with Crippen LogP contribution < -0.4 is 4.90 Å². The van der Waals surface area contributed by atoms with E-state index in [0.717, 1.165) is 12.1 Å². The summed E-state index contributed by atoms with van der Waals surface area (Å²) >= 11 is 12.9. The van der Waals surface area contributed by atoms with E-state index in [4.69, 9.17) is 28.2 Å². The van der Waals surface area contributed by atoms with Gasteiger partial charge in [-0.15, -0.1) is 0 Å². The van der Waals surface area contributed by atoms with E-state index in [2.05, 4.69) is 4.98 Å². The van der Waals surface area contributed by atoms with Gasteiger partial charge in [0.15, 0.2) is 11.6 Å². The van der Waals surface area contributed by atoms with Crippen LogP contribution >= 0.6 is 23.2 Å². The molecule has 1 aliphatic rings. The fourth-order valence-corrected chi connectivity index (χ4v) is 4.95. The highest BCUT2D eigenvalue weighted by Gasteiger charge is 2.28. The standard InChI is InChI=1S/C25H18Cl2F2N4O3/c26-16-2-1-3-17(27)20(16)22-21-15(6-7-30-22)19(14-5-4-13(28)12-18(14)29)23(34)24(31-21)32-8-10-33(11-9-32)25(35)36/h1-7,12,34H,8-11H2,(H,35,36). The first-order valence-electron chi connectivity index (χ1n) is 10.9. The van der Waals surface area contributed by atoms with E-state index in [9.17, 15) is 23.8 Å². The van der Waals surface area contributed by atoms with Crippen molar-refractivity contribution in [2.45, 2.75) is 0 Å². The van der Waals surface area contributed by atoms with Gasteiger partial charge < -0.3 is 20.0 Å². The van der Waals surface area contributed by atoms with Gasteiger partial charge in [-0.25, -0.2) is 18.6 Å². The SMILES string of the molecule is O=C(O)N1CCN(c2nc3c(-c4c(Cl)cccc4Cl)nccc3c(-c3ccc(F)cc3F)c2O)CC1. The molecule has 0 saturated carbocycles. The van der Waals surface area contributed by atoms with Gasteiger partial charge in [-0.2, -0.15) is 0 Å². The second kappa shape index (κ2) is 9.40.